The number of rotatable bonds is 4. The fourth-order valence-corrected chi connectivity index (χ4v) is 2.53. The number of benzene rings is 1. The quantitative estimate of drug-likeness (QED) is 0.654. The molecule has 0 saturated heterocycles. The van der Waals surface area contributed by atoms with Crippen molar-refractivity contribution in [2.45, 2.75) is 31.7 Å². The SMILES string of the molecule is O=C(N[C@H]1CCC[C@@H](C(=O)O)C1)C(=O)c1ccc(F)cc1. The normalized spacial score (nSPS) is 21.6. The van der Waals surface area contributed by atoms with Crippen molar-refractivity contribution in [3.63, 3.8) is 0 Å². The van der Waals surface area contributed by atoms with Crippen LogP contribution < -0.4 is 5.32 Å². The first kappa shape index (κ1) is 15.2. The van der Waals surface area contributed by atoms with Gasteiger partial charge in [0.2, 0.25) is 5.78 Å². The first-order valence-electron chi connectivity index (χ1n) is 6.81. The molecule has 0 radical (unpaired) electrons. The molecule has 0 heterocycles. The molecule has 1 aromatic rings. The summed E-state index contributed by atoms with van der Waals surface area (Å²) in [6.45, 7) is 0. The highest BCUT2D eigenvalue weighted by Gasteiger charge is 2.29. The van der Waals surface area contributed by atoms with Gasteiger partial charge in [0.25, 0.3) is 5.91 Å². The van der Waals surface area contributed by atoms with Crippen LogP contribution in [0.1, 0.15) is 36.0 Å². The Balaban J connectivity index is 1.96. The predicted molar refractivity (Wildman–Crippen MR) is 72.3 cm³/mol. The van der Waals surface area contributed by atoms with Crippen LogP contribution in [0, 0.1) is 11.7 Å². The van der Waals surface area contributed by atoms with Crippen LogP contribution >= 0.6 is 0 Å². The number of nitrogens with one attached hydrogen (secondary N) is 1. The molecule has 6 heteroatoms. The van der Waals surface area contributed by atoms with Gasteiger partial charge in [-0.05, 0) is 43.5 Å². The fraction of sp³-hybridized carbons (Fsp3) is 0.400. The van der Waals surface area contributed by atoms with Crippen molar-refractivity contribution in [1.29, 1.82) is 0 Å². The van der Waals surface area contributed by atoms with Gasteiger partial charge < -0.3 is 10.4 Å². The lowest BCUT2D eigenvalue weighted by Crippen LogP contribution is -2.42. The molecule has 1 aliphatic rings. The zero-order valence-electron chi connectivity index (χ0n) is 11.3. The van der Waals surface area contributed by atoms with E-state index in [0.29, 0.717) is 25.7 Å². The average molecular weight is 293 g/mol. The minimum Gasteiger partial charge on any atom is -0.481 e. The van der Waals surface area contributed by atoms with Crippen LogP contribution in [0.15, 0.2) is 24.3 Å². The van der Waals surface area contributed by atoms with E-state index in [9.17, 15) is 18.8 Å². The van der Waals surface area contributed by atoms with E-state index in [0.717, 1.165) is 12.1 Å². The number of hydrogen-bond acceptors (Lipinski definition) is 3. The molecule has 5 nitrogen and oxygen atoms in total. The second-order valence-corrected chi connectivity index (χ2v) is 5.21. The van der Waals surface area contributed by atoms with E-state index in [-0.39, 0.29) is 11.6 Å². The highest BCUT2D eigenvalue weighted by atomic mass is 19.1. The lowest BCUT2D eigenvalue weighted by atomic mass is 9.85. The highest BCUT2D eigenvalue weighted by Crippen LogP contribution is 2.24. The predicted octanol–water partition coefficient (Wildman–Crippen LogP) is 1.77. The molecule has 0 unspecified atom stereocenters. The molecule has 0 aliphatic heterocycles. The lowest BCUT2D eigenvalue weighted by Gasteiger charge is -2.27. The maximum Gasteiger partial charge on any atom is 0.306 e. The number of Topliss-reactive ketones (excluding diaryl/α,β-unsaturated/α-hetero) is 1. The minimum atomic E-state index is -0.876. The first-order valence-corrected chi connectivity index (χ1v) is 6.81. The van der Waals surface area contributed by atoms with Crippen LogP contribution in [0.5, 0.6) is 0 Å². The lowest BCUT2D eigenvalue weighted by molar-refractivity contribution is -0.143. The van der Waals surface area contributed by atoms with E-state index >= 15 is 0 Å². The second-order valence-electron chi connectivity index (χ2n) is 5.21. The Hall–Kier alpha value is -2.24. The van der Waals surface area contributed by atoms with E-state index < -0.39 is 29.4 Å². The average Bonchev–Trinajstić information content (AvgIpc) is 2.47. The monoisotopic (exact) mass is 293 g/mol. The van der Waals surface area contributed by atoms with E-state index in [1.54, 1.807) is 0 Å². The van der Waals surface area contributed by atoms with E-state index in [4.69, 9.17) is 5.11 Å². The molecule has 2 atom stereocenters. The molecule has 1 saturated carbocycles. The molecule has 1 amide bonds. The van der Waals surface area contributed by atoms with Crippen LogP contribution in [0.2, 0.25) is 0 Å². The van der Waals surface area contributed by atoms with E-state index in [1.165, 1.54) is 12.1 Å². The summed E-state index contributed by atoms with van der Waals surface area (Å²) in [5.74, 6) is -3.36. The molecule has 21 heavy (non-hydrogen) atoms. The molecule has 1 aliphatic carbocycles. The van der Waals surface area contributed by atoms with Gasteiger partial charge in [-0.25, -0.2) is 4.39 Å². The number of halogens is 1. The standard InChI is InChI=1S/C15H16FNO4/c16-11-6-4-9(5-7-11)13(18)14(19)17-12-3-1-2-10(8-12)15(20)21/h4-7,10,12H,1-3,8H2,(H,17,19)(H,20,21)/t10-,12+/m1/s1. The zero-order valence-corrected chi connectivity index (χ0v) is 11.3. The Labute approximate surface area is 121 Å². The molecule has 0 spiro atoms. The highest BCUT2D eigenvalue weighted by molar-refractivity contribution is 6.42. The molecule has 0 bridgehead atoms. The third kappa shape index (κ3) is 3.87. The summed E-state index contributed by atoms with van der Waals surface area (Å²) >= 11 is 0. The number of carboxylic acid groups (broad SMARTS) is 1. The van der Waals surface area contributed by atoms with Gasteiger partial charge in [-0.3, -0.25) is 14.4 Å². The third-order valence-corrected chi connectivity index (χ3v) is 3.67. The summed E-state index contributed by atoms with van der Waals surface area (Å²) in [4.78, 5) is 34.7. The van der Waals surface area contributed by atoms with Gasteiger partial charge in [-0.15, -0.1) is 0 Å². The largest absolute Gasteiger partial charge is 0.481 e. The Kier molecular flexibility index (Phi) is 4.67. The van der Waals surface area contributed by atoms with E-state index in [2.05, 4.69) is 5.32 Å². The fourth-order valence-electron chi connectivity index (χ4n) is 2.53. The van der Waals surface area contributed by atoms with Crippen LogP contribution in [0.25, 0.3) is 0 Å². The second kappa shape index (κ2) is 6.47. The molecular formula is C15H16FNO4. The summed E-state index contributed by atoms with van der Waals surface area (Å²) in [6, 6.07) is 4.41. The van der Waals surface area contributed by atoms with Gasteiger partial charge >= 0.3 is 5.97 Å². The van der Waals surface area contributed by atoms with Crippen LogP contribution in [0.3, 0.4) is 0 Å². The zero-order chi connectivity index (χ0) is 15.4. The summed E-state index contributed by atoms with van der Waals surface area (Å²) in [7, 11) is 0. The smallest absolute Gasteiger partial charge is 0.306 e. The number of ketones is 1. The summed E-state index contributed by atoms with van der Waals surface area (Å²) in [5.41, 5.74) is 0.111. The molecule has 2 N–H and O–H groups in total. The summed E-state index contributed by atoms with van der Waals surface area (Å²) in [6.07, 6.45) is 2.28. The van der Waals surface area contributed by atoms with Crippen molar-refractivity contribution in [2.75, 3.05) is 0 Å². The van der Waals surface area contributed by atoms with Gasteiger partial charge in [0.1, 0.15) is 5.82 Å². The van der Waals surface area contributed by atoms with Gasteiger partial charge in [-0.2, -0.15) is 0 Å². The number of carbonyl (C=O) groups excluding carboxylic acids is 2. The van der Waals surface area contributed by atoms with Crippen molar-refractivity contribution >= 4 is 17.7 Å². The molecule has 1 aromatic carbocycles. The Morgan fingerprint density at radius 2 is 1.81 bits per heavy atom. The van der Waals surface area contributed by atoms with E-state index in [1.807, 2.05) is 0 Å². The topological polar surface area (TPSA) is 83.5 Å². The maximum atomic E-state index is 12.8. The summed E-state index contributed by atoms with van der Waals surface area (Å²) in [5, 5.41) is 11.6. The number of carboxylic acids is 1. The van der Waals surface area contributed by atoms with Crippen molar-refractivity contribution in [3.05, 3.63) is 35.6 Å². The number of amides is 1. The van der Waals surface area contributed by atoms with Crippen molar-refractivity contribution < 1.29 is 23.9 Å². The number of carbonyl (C=O) groups is 3. The van der Waals surface area contributed by atoms with Gasteiger partial charge in [0.05, 0.1) is 5.92 Å². The molecule has 1 fully saturated rings. The van der Waals surface area contributed by atoms with Crippen molar-refractivity contribution in [3.8, 4) is 0 Å². The molecule has 112 valence electrons. The van der Waals surface area contributed by atoms with Crippen molar-refractivity contribution in [2.24, 2.45) is 5.92 Å². The van der Waals surface area contributed by atoms with Gasteiger partial charge in [-0.1, -0.05) is 6.42 Å². The van der Waals surface area contributed by atoms with Crippen LogP contribution in [-0.4, -0.2) is 28.8 Å². The van der Waals surface area contributed by atoms with Gasteiger partial charge in [0, 0.05) is 11.6 Å². The Morgan fingerprint density at radius 1 is 1.14 bits per heavy atom. The molecular weight excluding hydrogens is 277 g/mol. The van der Waals surface area contributed by atoms with Crippen LogP contribution in [0.4, 0.5) is 4.39 Å². The Morgan fingerprint density at radius 3 is 2.43 bits per heavy atom. The van der Waals surface area contributed by atoms with Crippen LogP contribution in [-0.2, 0) is 9.59 Å². The first-order chi connectivity index (χ1) is 9.97. The number of hydrogen-bond donors (Lipinski definition) is 2. The minimum absolute atomic E-state index is 0.111. The molecule has 0 aromatic heterocycles. The Bertz CT molecular complexity index is 555. The van der Waals surface area contributed by atoms with Crippen molar-refractivity contribution in [1.82, 2.24) is 5.32 Å². The van der Waals surface area contributed by atoms with Gasteiger partial charge in [0.15, 0.2) is 0 Å². The molecule has 2 rings (SSSR count). The number of aliphatic carboxylic acids is 1. The maximum absolute atomic E-state index is 12.8. The third-order valence-electron chi connectivity index (χ3n) is 3.67. The summed E-state index contributed by atoms with van der Waals surface area (Å²) < 4.78 is 12.8.